The molecule has 5 nitrogen and oxygen atoms in total. The average molecular weight is 328 g/mol. The van der Waals surface area contributed by atoms with Crippen LogP contribution >= 0.6 is 0 Å². The number of rotatable bonds is 5. The molecule has 0 aliphatic carbocycles. The third kappa shape index (κ3) is 5.68. The smallest absolute Gasteiger partial charge is 0.351 e. The third-order valence-electron chi connectivity index (χ3n) is 2.31. The fourth-order valence-electron chi connectivity index (χ4n) is 1.38. The maximum atomic E-state index is 13.4. The molecule has 0 saturated carbocycles. The van der Waals surface area contributed by atoms with Gasteiger partial charge in [0.25, 0.3) is 5.91 Å². The van der Waals surface area contributed by atoms with E-state index in [9.17, 15) is 30.8 Å². The number of benzene rings is 1. The number of hydrogen-bond donors (Lipinski definition) is 2. The molecule has 0 unspecified atom stereocenters. The van der Waals surface area contributed by atoms with Gasteiger partial charge in [-0.3, -0.25) is 4.79 Å². The molecule has 0 fully saturated rings. The van der Waals surface area contributed by atoms with Gasteiger partial charge in [0.1, 0.15) is 5.82 Å². The minimum Gasteiger partial charge on any atom is -0.351 e. The zero-order valence-electron chi connectivity index (χ0n) is 10.8. The molecule has 0 radical (unpaired) electrons. The molecule has 0 saturated heterocycles. The predicted octanol–water partition coefficient (Wildman–Crippen LogP) is 1.12. The van der Waals surface area contributed by atoms with Gasteiger partial charge in [-0.05, 0) is 18.2 Å². The summed E-state index contributed by atoms with van der Waals surface area (Å²) in [6.07, 6.45) is -3.79. The molecule has 0 aromatic heterocycles. The van der Waals surface area contributed by atoms with Gasteiger partial charge >= 0.3 is 6.18 Å². The van der Waals surface area contributed by atoms with Crippen LogP contribution < -0.4 is 10.0 Å². The zero-order chi connectivity index (χ0) is 16.3. The maximum Gasteiger partial charge on any atom is 0.416 e. The second-order valence-electron chi connectivity index (χ2n) is 4.11. The summed E-state index contributed by atoms with van der Waals surface area (Å²) >= 11 is 0. The van der Waals surface area contributed by atoms with E-state index in [0.717, 1.165) is 6.26 Å². The standard InChI is InChI=1S/C11H12F4N2O3S/c1-21(19,20)17-5-4-16-10(18)8-6-7(11(13,14)15)2-3-9(8)12/h2-3,6,17H,4-5H2,1H3,(H,16,18). The molecule has 1 rings (SSSR count). The second kappa shape index (κ2) is 6.39. The second-order valence-corrected chi connectivity index (χ2v) is 5.95. The van der Waals surface area contributed by atoms with Gasteiger partial charge in [-0.25, -0.2) is 17.5 Å². The van der Waals surface area contributed by atoms with Crippen molar-refractivity contribution >= 4 is 15.9 Å². The largest absolute Gasteiger partial charge is 0.416 e. The molecule has 21 heavy (non-hydrogen) atoms. The van der Waals surface area contributed by atoms with Crippen molar-refractivity contribution in [1.82, 2.24) is 10.0 Å². The van der Waals surface area contributed by atoms with Crippen LogP contribution in [0.2, 0.25) is 0 Å². The molecule has 1 aromatic rings. The van der Waals surface area contributed by atoms with Crippen LogP contribution in [0.15, 0.2) is 18.2 Å². The highest BCUT2D eigenvalue weighted by Crippen LogP contribution is 2.30. The molecule has 118 valence electrons. The minimum atomic E-state index is -4.69. The Morgan fingerprint density at radius 1 is 1.24 bits per heavy atom. The molecule has 1 aromatic carbocycles. The van der Waals surface area contributed by atoms with Gasteiger partial charge in [-0.1, -0.05) is 0 Å². The van der Waals surface area contributed by atoms with E-state index in [2.05, 4.69) is 10.0 Å². The molecule has 0 heterocycles. The molecule has 0 aliphatic rings. The lowest BCUT2D eigenvalue weighted by Gasteiger charge is -2.10. The highest BCUT2D eigenvalue weighted by atomic mass is 32.2. The van der Waals surface area contributed by atoms with E-state index in [0.29, 0.717) is 18.2 Å². The summed E-state index contributed by atoms with van der Waals surface area (Å²) in [7, 11) is -3.45. The van der Waals surface area contributed by atoms with Crippen molar-refractivity contribution in [2.24, 2.45) is 0 Å². The highest BCUT2D eigenvalue weighted by molar-refractivity contribution is 7.88. The van der Waals surface area contributed by atoms with Crippen LogP contribution in [0, 0.1) is 5.82 Å². The summed E-state index contributed by atoms with van der Waals surface area (Å²) in [5.74, 6) is -2.16. The molecule has 0 spiro atoms. The number of alkyl halides is 3. The lowest BCUT2D eigenvalue weighted by molar-refractivity contribution is -0.137. The Bertz CT molecular complexity index is 629. The minimum absolute atomic E-state index is 0.162. The van der Waals surface area contributed by atoms with Gasteiger partial charge in [-0.15, -0.1) is 0 Å². The Labute approximate surface area is 118 Å². The third-order valence-corrected chi connectivity index (χ3v) is 3.04. The number of carbonyl (C=O) groups excluding carboxylic acids is 1. The first-order chi connectivity index (χ1) is 9.50. The Kier molecular flexibility index (Phi) is 5.29. The van der Waals surface area contributed by atoms with Gasteiger partial charge in [0.05, 0.1) is 17.4 Å². The van der Waals surface area contributed by atoms with Crippen molar-refractivity contribution in [1.29, 1.82) is 0 Å². The molecule has 1 amide bonds. The predicted molar refractivity (Wildman–Crippen MR) is 66.6 cm³/mol. The number of hydrogen-bond acceptors (Lipinski definition) is 3. The van der Waals surface area contributed by atoms with Crippen molar-refractivity contribution in [2.75, 3.05) is 19.3 Å². The summed E-state index contributed by atoms with van der Waals surface area (Å²) in [6.45, 7) is -0.354. The highest BCUT2D eigenvalue weighted by Gasteiger charge is 2.31. The monoisotopic (exact) mass is 328 g/mol. The molecule has 0 aliphatic heterocycles. The van der Waals surface area contributed by atoms with Crippen LogP contribution in [0.25, 0.3) is 0 Å². The van der Waals surface area contributed by atoms with Crippen LogP contribution in [-0.4, -0.2) is 33.7 Å². The molecule has 10 heteroatoms. The lowest BCUT2D eigenvalue weighted by Crippen LogP contribution is -2.34. The quantitative estimate of drug-likeness (QED) is 0.628. The first-order valence-electron chi connectivity index (χ1n) is 5.60. The molecular formula is C11H12F4N2O3S. The number of halogens is 4. The van der Waals surface area contributed by atoms with Gasteiger partial charge in [-0.2, -0.15) is 13.2 Å². The SMILES string of the molecule is CS(=O)(=O)NCCNC(=O)c1cc(C(F)(F)F)ccc1F. The fraction of sp³-hybridized carbons (Fsp3) is 0.364. The summed E-state index contributed by atoms with van der Waals surface area (Å²) < 4.78 is 74.3. The zero-order valence-corrected chi connectivity index (χ0v) is 11.6. The van der Waals surface area contributed by atoms with E-state index in [-0.39, 0.29) is 13.1 Å². The normalized spacial score (nSPS) is 12.2. The van der Waals surface area contributed by atoms with Crippen LogP contribution in [0.3, 0.4) is 0 Å². The first-order valence-corrected chi connectivity index (χ1v) is 7.49. The Balaban J connectivity index is 2.74. The molecule has 0 atom stereocenters. The van der Waals surface area contributed by atoms with Crippen LogP contribution in [0.4, 0.5) is 17.6 Å². The van der Waals surface area contributed by atoms with Crippen LogP contribution in [-0.2, 0) is 16.2 Å². The van der Waals surface area contributed by atoms with Crippen molar-refractivity contribution in [2.45, 2.75) is 6.18 Å². The Morgan fingerprint density at radius 3 is 2.38 bits per heavy atom. The number of carbonyl (C=O) groups is 1. The van der Waals surface area contributed by atoms with Crippen molar-refractivity contribution in [3.63, 3.8) is 0 Å². The van der Waals surface area contributed by atoms with Gasteiger partial charge in [0, 0.05) is 13.1 Å². The summed E-state index contributed by atoms with van der Waals surface area (Å²) in [5.41, 5.74) is -1.91. The Morgan fingerprint density at radius 2 is 1.86 bits per heavy atom. The fourth-order valence-corrected chi connectivity index (χ4v) is 1.86. The average Bonchev–Trinajstić information content (AvgIpc) is 2.32. The van der Waals surface area contributed by atoms with E-state index in [1.165, 1.54) is 0 Å². The number of amides is 1. The van der Waals surface area contributed by atoms with Gasteiger partial charge < -0.3 is 5.32 Å². The van der Waals surface area contributed by atoms with Gasteiger partial charge in [0.2, 0.25) is 10.0 Å². The Hall–Kier alpha value is -1.68. The van der Waals surface area contributed by atoms with E-state index in [1.807, 2.05) is 0 Å². The van der Waals surface area contributed by atoms with Crippen molar-refractivity contribution < 1.29 is 30.8 Å². The number of sulfonamides is 1. The first kappa shape index (κ1) is 17.4. The molecule has 0 bridgehead atoms. The number of nitrogens with one attached hydrogen (secondary N) is 2. The van der Waals surface area contributed by atoms with Crippen molar-refractivity contribution in [3.05, 3.63) is 35.1 Å². The van der Waals surface area contributed by atoms with E-state index < -0.39 is 39.1 Å². The molecular weight excluding hydrogens is 316 g/mol. The summed E-state index contributed by atoms with van der Waals surface area (Å²) in [4.78, 5) is 11.6. The van der Waals surface area contributed by atoms with Crippen molar-refractivity contribution in [3.8, 4) is 0 Å². The van der Waals surface area contributed by atoms with E-state index in [1.54, 1.807) is 0 Å². The van der Waals surface area contributed by atoms with E-state index >= 15 is 0 Å². The van der Waals surface area contributed by atoms with Crippen LogP contribution in [0.5, 0.6) is 0 Å². The molecule has 2 N–H and O–H groups in total. The maximum absolute atomic E-state index is 13.4. The summed E-state index contributed by atoms with van der Waals surface area (Å²) in [5, 5.41) is 2.12. The van der Waals surface area contributed by atoms with Crippen LogP contribution in [0.1, 0.15) is 15.9 Å². The summed E-state index contributed by atoms with van der Waals surface area (Å²) in [6, 6.07) is 1.47. The van der Waals surface area contributed by atoms with E-state index in [4.69, 9.17) is 0 Å². The van der Waals surface area contributed by atoms with Gasteiger partial charge in [0.15, 0.2) is 0 Å². The lowest BCUT2D eigenvalue weighted by atomic mass is 10.1. The topological polar surface area (TPSA) is 75.3 Å².